The van der Waals surface area contributed by atoms with Gasteiger partial charge in [0, 0.05) is 12.1 Å². The lowest BCUT2D eigenvalue weighted by molar-refractivity contribution is -0.386. The molecule has 0 bridgehead atoms. The molecule has 0 atom stereocenters. The number of aromatic nitrogens is 1. The number of nitrogens with one attached hydrogen (secondary N) is 1. The summed E-state index contributed by atoms with van der Waals surface area (Å²) in [6, 6.07) is 3.47. The Labute approximate surface area is 92.8 Å². The van der Waals surface area contributed by atoms with E-state index in [9.17, 15) is 25.0 Å². The topological polar surface area (TPSA) is 119 Å². The molecular weight excluding hydrogens is 230 g/mol. The summed E-state index contributed by atoms with van der Waals surface area (Å²) in [5.41, 5.74) is -1.36. The fourth-order valence-corrected chi connectivity index (χ4v) is 1.45. The lowest BCUT2D eigenvalue weighted by atomic mass is 10.2. The monoisotopic (exact) mass is 235 g/mol. The van der Waals surface area contributed by atoms with E-state index in [1.165, 1.54) is 6.07 Å². The average molecular weight is 235 g/mol. The maximum absolute atomic E-state index is 11.6. The summed E-state index contributed by atoms with van der Waals surface area (Å²) in [7, 11) is 0. The molecule has 0 unspecified atom stereocenters. The third-order valence-corrected chi connectivity index (χ3v) is 2.25. The number of non-ortho nitro benzene ring substituents is 1. The Morgan fingerprint density at radius 3 is 2.41 bits per heavy atom. The summed E-state index contributed by atoms with van der Waals surface area (Å²) in [6.45, 7) is 0. The molecule has 0 saturated carbocycles. The average Bonchev–Trinajstić information content (AvgIpc) is 2.28. The van der Waals surface area contributed by atoms with Crippen molar-refractivity contribution in [2.24, 2.45) is 0 Å². The smallest absolute Gasteiger partial charge is 0.332 e. The van der Waals surface area contributed by atoms with E-state index in [0.29, 0.717) is 0 Å². The molecule has 8 nitrogen and oxygen atoms in total. The highest BCUT2D eigenvalue weighted by Gasteiger charge is 2.16. The number of hydrogen-bond acceptors (Lipinski definition) is 5. The zero-order valence-electron chi connectivity index (χ0n) is 8.25. The molecule has 0 spiro atoms. The zero-order chi connectivity index (χ0) is 12.6. The minimum absolute atomic E-state index is 0.0461. The number of H-pyrrole nitrogens is 1. The largest absolute Gasteiger partial charge is 0.355 e. The molecule has 17 heavy (non-hydrogen) atoms. The zero-order valence-corrected chi connectivity index (χ0v) is 8.25. The first-order valence-corrected chi connectivity index (χ1v) is 4.45. The molecule has 86 valence electrons. The van der Waals surface area contributed by atoms with E-state index in [1.54, 1.807) is 0 Å². The molecule has 2 rings (SSSR count). The van der Waals surface area contributed by atoms with Gasteiger partial charge in [-0.15, -0.1) is 0 Å². The van der Waals surface area contributed by atoms with Crippen molar-refractivity contribution < 1.29 is 9.85 Å². The van der Waals surface area contributed by atoms with Gasteiger partial charge in [-0.2, -0.15) is 0 Å². The standard InChI is InChI=1S/C9H5N3O5/c13-9-6-2-1-5(11(14)15)3-7(6)10-4-8(9)12(16)17/h1-4H,(H,10,13). The Hall–Kier alpha value is -2.77. The van der Waals surface area contributed by atoms with Crippen molar-refractivity contribution in [3.8, 4) is 0 Å². The van der Waals surface area contributed by atoms with Gasteiger partial charge in [-0.25, -0.2) is 0 Å². The van der Waals surface area contributed by atoms with Crippen LogP contribution in [0.4, 0.5) is 11.4 Å². The van der Waals surface area contributed by atoms with Gasteiger partial charge in [0.25, 0.3) is 11.1 Å². The Balaban J connectivity index is 2.77. The molecule has 0 fully saturated rings. The minimum atomic E-state index is -0.806. The van der Waals surface area contributed by atoms with E-state index in [2.05, 4.69) is 4.98 Å². The number of nitrogens with zero attached hydrogens (tertiary/aromatic N) is 2. The van der Waals surface area contributed by atoms with Crippen LogP contribution in [0.2, 0.25) is 0 Å². The molecule has 1 N–H and O–H groups in total. The van der Waals surface area contributed by atoms with Gasteiger partial charge >= 0.3 is 5.69 Å². The van der Waals surface area contributed by atoms with Gasteiger partial charge in [-0.1, -0.05) is 0 Å². The van der Waals surface area contributed by atoms with Crippen molar-refractivity contribution in [2.45, 2.75) is 0 Å². The second-order valence-corrected chi connectivity index (χ2v) is 3.25. The molecule has 2 aromatic rings. The molecule has 1 heterocycles. The number of hydrogen-bond donors (Lipinski definition) is 1. The molecule has 0 saturated heterocycles. The molecule has 0 aliphatic rings. The maximum atomic E-state index is 11.6. The Morgan fingerprint density at radius 1 is 1.12 bits per heavy atom. The van der Waals surface area contributed by atoms with Crippen LogP contribution in [-0.2, 0) is 0 Å². The number of pyridine rings is 1. The van der Waals surface area contributed by atoms with Crippen molar-refractivity contribution in [2.75, 3.05) is 0 Å². The fraction of sp³-hybridized carbons (Fsp3) is 0. The van der Waals surface area contributed by atoms with Gasteiger partial charge in [0.05, 0.1) is 26.9 Å². The highest BCUT2D eigenvalue weighted by Crippen LogP contribution is 2.18. The van der Waals surface area contributed by atoms with Crippen molar-refractivity contribution >= 4 is 22.3 Å². The second-order valence-electron chi connectivity index (χ2n) is 3.25. The van der Waals surface area contributed by atoms with Crippen LogP contribution in [-0.4, -0.2) is 14.8 Å². The third kappa shape index (κ3) is 1.71. The van der Waals surface area contributed by atoms with Crippen LogP contribution in [0.5, 0.6) is 0 Å². The predicted octanol–water partition coefficient (Wildman–Crippen LogP) is 1.34. The van der Waals surface area contributed by atoms with Crippen LogP contribution in [0.15, 0.2) is 29.2 Å². The minimum Gasteiger partial charge on any atom is -0.355 e. The highest BCUT2D eigenvalue weighted by molar-refractivity contribution is 5.82. The van der Waals surface area contributed by atoms with Gasteiger partial charge in [-0.3, -0.25) is 25.0 Å². The SMILES string of the molecule is O=c1c([N+](=O)[O-])c[nH]c2cc([N+](=O)[O-])ccc12. The summed E-state index contributed by atoms with van der Waals surface area (Å²) in [4.78, 5) is 33.7. The summed E-state index contributed by atoms with van der Waals surface area (Å²) < 4.78 is 0. The van der Waals surface area contributed by atoms with Crippen LogP contribution in [0.1, 0.15) is 0 Å². The lowest BCUT2D eigenvalue weighted by Crippen LogP contribution is -2.09. The Kier molecular flexibility index (Phi) is 2.32. The van der Waals surface area contributed by atoms with Gasteiger partial charge in [0.1, 0.15) is 0 Å². The number of fused-ring (bicyclic) bond motifs is 1. The molecule has 8 heteroatoms. The molecule has 0 radical (unpaired) electrons. The number of benzene rings is 1. The normalized spacial score (nSPS) is 10.4. The molecule has 0 amide bonds. The predicted molar refractivity (Wildman–Crippen MR) is 57.9 cm³/mol. The molecule has 1 aromatic carbocycles. The van der Waals surface area contributed by atoms with E-state index in [1.807, 2.05) is 0 Å². The van der Waals surface area contributed by atoms with E-state index in [4.69, 9.17) is 0 Å². The van der Waals surface area contributed by atoms with Gasteiger partial charge in [-0.05, 0) is 6.07 Å². The summed E-state index contributed by atoms with van der Waals surface area (Å²) >= 11 is 0. The van der Waals surface area contributed by atoms with Crippen LogP contribution < -0.4 is 5.43 Å². The van der Waals surface area contributed by atoms with Crippen LogP contribution in [0, 0.1) is 20.2 Å². The van der Waals surface area contributed by atoms with Gasteiger partial charge in [0.2, 0.25) is 0 Å². The molecule has 0 aliphatic carbocycles. The maximum Gasteiger partial charge on any atom is 0.332 e. The number of nitro groups is 2. The molecule has 1 aromatic heterocycles. The van der Waals surface area contributed by atoms with Crippen molar-refractivity contribution in [3.63, 3.8) is 0 Å². The Morgan fingerprint density at radius 2 is 1.82 bits per heavy atom. The van der Waals surface area contributed by atoms with E-state index < -0.39 is 21.0 Å². The first-order valence-electron chi connectivity index (χ1n) is 4.45. The van der Waals surface area contributed by atoms with Crippen LogP contribution in [0.3, 0.4) is 0 Å². The number of nitro benzene ring substituents is 1. The quantitative estimate of drug-likeness (QED) is 0.622. The fourth-order valence-electron chi connectivity index (χ4n) is 1.45. The first-order chi connectivity index (χ1) is 8.00. The van der Waals surface area contributed by atoms with Crippen LogP contribution in [0.25, 0.3) is 10.9 Å². The van der Waals surface area contributed by atoms with E-state index in [0.717, 1.165) is 18.3 Å². The van der Waals surface area contributed by atoms with Crippen molar-refractivity contribution in [1.82, 2.24) is 4.98 Å². The molecular formula is C9H5N3O5. The number of rotatable bonds is 2. The third-order valence-electron chi connectivity index (χ3n) is 2.25. The van der Waals surface area contributed by atoms with Crippen molar-refractivity contribution in [3.05, 3.63) is 54.8 Å². The van der Waals surface area contributed by atoms with Gasteiger partial charge < -0.3 is 4.98 Å². The molecule has 0 aliphatic heterocycles. The van der Waals surface area contributed by atoms with Crippen molar-refractivity contribution in [1.29, 1.82) is 0 Å². The summed E-state index contributed by atoms with van der Waals surface area (Å²) in [5.74, 6) is 0. The lowest BCUT2D eigenvalue weighted by Gasteiger charge is -1.97. The highest BCUT2D eigenvalue weighted by atomic mass is 16.6. The van der Waals surface area contributed by atoms with E-state index >= 15 is 0 Å². The second kappa shape index (κ2) is 3.67. The van der Waals surface area contributed by atoms with Gasteiger partial charge in [0.15, 0.2) is 0 Å². The summed E-state index contributed by atoms with van der Waals surface area (Å²) in [6.07, 6.45) is 0.925. The number of aromatic amines is 1. The van der Waals surface area contributed by atoms with E-state index in [-0.39, 0.29) is 16.6 Å². The summed E-state index contributed by atoms with van der Waals surface area (Å²) in [5, 5.41) is 21.1. The van der Waals surface area contributed by atoms with Crippen LogP contribution >= 0.6 is 0 Å². The Bertz CT molecular complexity index is 691. The first kappa shape index (κ1) is 10.7.